The van der Waals surface area contributed by atoms with Crippen molar-refractivity contribution in [3.05, 3.63) is 41.1 Å². The quantitative estimate of drug-likeness (QED) is 0.452. The van der Waals surface area contributed by atoms with E-state index in [1.165, 1.54) is 19.3 Å². The molecule has 27 heavy (non-hydrogen) atoms. The zero-order chi connectivity index (χ0) is 19.6. The van der Waals surface area contributed by atoms with Gasteiger partial charge in [0.25, 0.3) is 0 Å². The van der Waals surface area contributed by atoms with Crippen LogP contribution in [0.2, 0.25) is 0 Å². The van der Waals surface area contributed by atoms with Crippen LogP contribution < -0.4 is 11.1 Å². The van der Waals surface area contributed by atoms with Gasteiger partial charge in [-0.1, -0.05) is 52.2 Å². The maximum absolute atomic E-state index is 12.8. The second-order valence-corrected chi connectivity index (χ2v) is 7.67. The standard InChI is InChI=1S/C23H36N2O2/c1-4-15-25-20-13-11-19(12-14-20)17(3)22(21(24)5-2)23(26)27-16-18-9-7-6-8-10-18/h11-14,17-18,25H,4-10,15-16,24H2,1-3H3/b22-21+. The lowest BCUT2D eigenvalue weighted by Crippen LogP contribution is -2.22. The summed E-state index contributed by atoms with van der Waals surface area (Å²) in [4.78, 5) is 12.8. The van der Waals surface area contributed by atoms with Gasteiger partial charge < -0.3 is 15.8 Å². The molecule has 4 nitrogen and oxygen atoms in total. The minimum atomic E-state index is -0.249. The van der Waals surface area contributed by atoms with Gasteiger partial charge in [0.05, 0.1) is 12.2 Å². The molecular weight excluding hydrogens is 336 g/mol. The summed E-state index contributed by atoms with van der Waals surface area (Å²) in [7, 11) is 0. The monoisotopic (exact) mass is 372 g/mol. The van der Waals surface area contributed by atoms with E-state index in [2.05, 4.69) is 36.5 Å². The van der Waals surface area contributed by atoms with E-state index in [9.17, 15) is 4.79 Å². The van der Waals surface area contributed by atoms with Crippen LogP contribution in [0.3, 0.4) is 0 Å². The summed E-state index contributed by atoms with van der Waals surface area (Å²) in [5.74, 6) is 0.177. The Hall–Kier alpha value is -1.97. The Labute approximate surface area is 164 Å². The van der Waals surface area contributed by atoms with E-state index in [0.717, 1.165) is 37.1 Å². The van der Waals surface area contributed by atoms with E-state index < -0.39 is 0 Å². The molecule has 1 fully saturated rings. The molecule has 0 spiro atoms. The minimum absolute atomic E-state index is 0.0796. The average Bonchev–Trinajstić information content (AvgIpc) is 2.71. The van der Waals surface area contributed by atoms with E-state index in [4.69, 9.17) is 10.5 Å². The molecule has 1 aromatic carbocycles. The molecule has 1 atom stereocenters. The van der Waals surface area contributed by atoms with Gasteiger partial charge in [0.2, 0.25) is 0 Å². The normalized spacial score (nSPS) is 17.1. The zero-order valence-electron chi connectivity index (χ0n) is 17.2. The van der Waals surface area contributed by atoms with Crippen molar-refractivity contribution < 1.29 is 9.53 Å². The smallest absolute Gasteiger partial charge is 0.336 e. The third-order valence-electron chi connectivity index (χ3n) is 5.54. The molecule has 0 aromatic heterocycles. The van der Waals surface area contributed by atoms with Gasteiger partial charge in [-0.15, -0.1) is 0 Å². The van der Waals surface area contributed by atoms with E-state index in [1.54, 1.807) is 0 Å². The summed E-state index contributed by atoms with van der Waals surface area (Å²) in [5, 5.41) is 3.37. The second kappa shape index (κ2) is 11.0. The predicted molar refractivity (Wildman–Crippen MR) is 113 cm³/mol. The molecule has 4 heteroatoms. The molecular formula is C23H36N2O2. The molecule has 2 rings (SSSR count). The number of nitrogens with one attached hydrogen (secondary N) is 1. The molecule has 0 amide bonds. The first-order valence-electron chi connectivity index (χ1n) is 10.6. The number of carbonyl (C=O) groups is 1. The fraction of sp³-hybridized carbons (Fsp3) is 0.609. The Bertz CT molecular complexity index is 616. The van der Waals surface area contributed by atoms with Crippen molar-refractivity contribution in [1.82, 2.24) is 0 Å². The van der Waals surface area contributed by atoms with E-state index in [-0.39, 0.29) is 11.9 Å². The highest BCUT2D eigenvalue weighted by Crippen LogP contribution is 2.29. The zero-order valence-corrected chi connectivity index (χ0v) is 17.2. The number of ether oxygens (including phenoxy) is 1. The molecule has 1 aliphatic carbocycles. The van der Waals surface area contributed by atoms with Crippen LogP contribution >= 0.6 is 0 Å². The van der Waals surface area contributed by atoms with Gasteiger partial charge in [0.1, 0.15) is 0 Å². The van der Waals surface area contributed by atoms with Crippen molar-refractivity contribution in [2.45, 2.75) is 71.6 Å². The van der Waals surface area contributed by atoms with Crippen LogP contribution in [0.15, 0.2) is 35.5 Å². The van der Waals surface area contributed by atoms with Crippen molar-refractivity contribution in [2.24, 2.45) is 11.7 Å². The van der Waals surface area contributed by atoms with Crippen LogP contribution in [0.1, 0.15) is 77.2 Å². The second-order valence-electron chi connectivity index (χ2n) is 7.67. The van der Waals surface area contributed by atoms with Crippen LogP contribution in [0, 0.1) is 5.92 Å². The number of allylic oxidation sites excluding steroid dienone is 1. The lowest BCUT2D eigenvalue weighted by atomic mass is 9.89. The average molecular weight is 373 g/mol. The van der Waals surface area contributed by atoms with Gasteiger partial charge in [0, 0.05) is 23.8 Å². The number of esters is 1. The van der Waals surface area contributed by atoms with Gasteiger partial charge in [-0.3, -0.25) is 0 Å². The number of hydrogen-bond acceptors (Lipinski definition) is 4. The Morgan fingerprint density at radius 3 is 2.44 bits per heavy atom. The molecule has 1 aromatic rings. The highest BCUT2D eigenvalue weighted by molar-refractivity contribution is 5.91. The van der Waals surface area contributed by atoms with Crippen molar-refractivity contribution >= 4 is 11.7 Å². The Morgan fingerprint density at radius 2 is 1.85 bits per heavy atom. The Morgan fingerprint density at radius 1 is 1.19 bits per heavy atom. The number of anilines is 1. The van der Waals surface area contributed by atoms with E-state index in [1.807, 2.05) is 13.8 Å². The van der Waals surface area contributed by atoms with Crippen molar-refractivity contribution in [3.63, 3.8) is 0 Å². The number of benzene rings is 1. The number of nitrogens with two attached hydrogens (primary N) is 1. The number of rotatable bonds is 9. The molecule has 1 unspecified atom stereocenters. The number of hydrogen-bond donors (Lipinski definition) is 2. The van der Waals surface area contributed by atoms with Gasteiger partial charge in [0.15, 0.2) is 0 Å². The Kier molecular flexibility index (Phi) is 8.70. The molecule has 0 radical (unpaired) electrons. The third-order valence-corrected chi connectivity index (χ3v) is 5.54. The van der Waals surface area contributed by atoms with E-state index in [0.29, 0.717) is 30.2 Å². The Balaban J connectivity index is 2.06. The molecule has 1 saturated carbocycles. The molecule has 1 aliphatic rings. The van der Waals surface area contributed by atoms with Crippen LogP contribution in [0.25, 0.3) is 0 Å². The summed E-state index contributed by atoms with van der Waals surface area (Å²) in [6.07, 6.45) is 7.86. The predicted octanol–water partition coefficient (Wildman–Crippen LogP) is 5.36. The van der Waals surface area contributed by atoms with Crippen LogP contribution in [0.5, 0.6) is 0 Å². The lowest BCUT2D eigenvalue weighted by molar-refractivity contribution is -0.141. The topological polar surface area (TPSA) is 64.3 Å². The first-order chi connectivity index (χ1) is 13.1. The third kappa shape index (κ3) is 6.30. The highest BCUT2D eigenvalue weighted by Gasteiger charge is 2.24. The highest BCUT2D eigenvalue weighted by atomic mass is 16.5. The SMILES string of the molecule is CCCNc1ccc(C(C)/C(C(=O)OCC2CCCCC2)=C(\N)CC)cc1. The van der Waals surface area contributed by atoms with Crippen LogP contribution in [0.4, 0.5) is 5.69 Å². The van der Waals surface area contributed by atoms with Gasteiger partial charge in [-0.05, 0) is 49.3 Å². The number of carbonyl (C=O) groups excluding carboxylic acids is 1. The molecule has 150 valence electrons. The first kappa shape index (κ1) is 21.3. The van der Waals surface area contributed by atoms with Crippen LogP contribution in [-0.2, 0) is 9.53 Å². The summed E-state index contributed by atoms with van der Waals surface area (Å²) < 4.78 is 5.70. The summed E-state index contributed by atoms with van der Waals surface area (Å²) in [6.45, 7) is 7.64. The molecule has 0 saturated heterocycles. The molecule has 0 bridgehead atoms. The molecule has 0 heterocycles. The minimum Gasteiger partial charge on any atom is -0.462 e. The summed E-state index contributed by atoms with van der Waals surface area (Å²) >= 11 is 0. The summed E-state index contributed by atoms with van der Waals surface area (Å²) in [5.41, 5.74) is 9.65. The van der Waals surface area contributed by atoms with Gasteiger partial charge >= 0.3 is 5.97 Å². The summed E-state index contributed by atoms with van der Waals surface area (Å²) in [6, 6.07) is 8.27. The maximum Gasteiger partial charge on any atom is 0.336 e. The lowest BCUT2D eigenvalue weighted by Gasteiger charge is -2.23. The first-order valence-corrected chi connectivity index (χ1v) is 10.6. The largest absolute Gasteiger partial charge is 0.462 e. The molecule has 3 N–H and O–H groups in total. The van der Waals surface area contributed by atoms with Crippen molar-refractivity contribution in [1.29, 1.82) is 0 Å². The molecule has 0 aliphatic heterocycles. The maximum atomic E-state index is 12.8. The van der Waals surface area contributed by atoms with Crippen molar-refractivity contribution in [2.75, 3.05) is 18.5 Å². The van der Waals surface area contributed by atoms with E-state index >= 15 is 0 Å². The fourth-order valence-corrected chi connectivity index (χ4v) is 3.73. The van der Waals surface area contributed by atoms with Gasteiger partial charge in [-0.2, -0.15) is 0 Å². The van der Waals surface area contributed by atoms with Gasteiger partial charge in [-0.25, -0.2) is 4.79 Å². The van der Waals surface area contributed by atoms with Crippen LogP contribution in [-0.4, -0.2) is 19.1 Å². The fourth-order valence-electron chi connectivity index (χ4n) is 3.73. The van der Waals surface area contributed by atoms with Crippen molar-refractivity contribution in [3.8, 4) is 0 Å².